The van der Waals surface area contributed by atoms with Gasteiger partial charge < -0.3 is 5.73 Å². The maximum absolute atomic E-state index is 6.38. The minimum atomic E-state index is 0.284. The van der Waals surface area contributed by atoms with Crippen LogP contribution in [0.25, 0.3) is 0 Å². The normalized spacial score (nSPS) is 36.1. The first-order valence-corrected chi connectivity index (χ1v) is 8.96. The molecule has 3 unspecified atom stereocenters. The Morgan fingerprint density at radius 1 is 1.15 bits per heavy atom. The Morgan fingerprint density at radius 3 is 2.30 bits per heavy atom. The van der Waals surface area contributed by atoms with Gasteiger partial charge in [0.1, 0.15) is 0 Å². The van der Waals surface area contributed by atoms with Crippen LogP contribution < -0.4 is 5.73 Å². The van der Waals surface area contributed by atoms with Crippen LogP contribution in [0.15, 0.2) is 0 Å². The standard InChI is InChI=1S/C18H36N2/c1-14(2)12-20(17-7-5-6-8-17)18(13-19)10-9-15(3)11-16(18)4/h14-17H,5-13,19H2,1-4H3. The Morgan fingerprint density at radius 2 is 1.80 bits per heavy atom. The second-order valence-corrected chi connectivity index (χ2v) is 8.07. The van der Waals surface area contributed by atoms with Gasteiger partial charge in [-0.2, -0.15) is 0 Å². The molecule has 0 saturated heterocycles. The summed E-state index contributed by atoms with van der Waals surface area (Å²) >= 11 is 0. The quantitative estimate of drug-likeness (QED) is 0.823. The largest absolute Gasteiger partial charge is 0.329 e. The monoisotopic (exact) mass is 280 g/mol. The van der Waals surface area contributed by atoms with Crippen molar-refractivity contribution in [3.8, 4) is 0 Å². The molecule has 0 aromatic rings. The molecule has 0 aliphatic heterocycles. The molecule has 2 heteroatoms. The van der Waals surface area contributed by atoms with Crippen molar-refractivity contribution >= 4 is 0 Å². The smallest absolute Gasteiger partial charge is 0.0360 e. The molecule has 2 fully saturated rings. The first kappa shape index (κ1) is 16.3. The summed E-state index contributed by atoms with van der Waals surface area (Å²) in [5.41, 5.74) is 6.66. The lowest BCUT2D eigenvalue weighted by molar-refractivity contribution is -0.0348. The van der Waals surface area contributed by atoms with E-state index in [0.717, 1.165) is 30.3 Å². The zero-order chi connectivity index (χ0) is 14.8. The Hall–Kier alpha value is -0.0800. The second kappa shape index (κ2) is 6.79. The van der Waals surface area contributed by atoms with Crippen LogP contribution in [0, 0.1) is 17.8 Å². The molecule has 2 aliphatic carbocycles. The van der Waals surface area contributed by atoms with Crippen LogP contribution in [0.4, 0.5) is 0 Å². The van der Waals surface area contributed by atoms with Gasteiger partial charge in [0.25, 0.3) is 0 Å². The highest BCUT2D eigenvalue weighted by Crippen LogP contribution is 2.43. The molecule has 3 atom stereocenters. The highest BCUT2D eigenvalue weighted by Gasteiger charge is 2.46. The van der Waals surface area contributed by atoms with E-state index in [1.54, 1.807) is 0 Å². The van der Waals surface area contributed by atoms with E-state index in [2.05, 4.69) is 32.6 Å². The van der Waals surface area contributed by atoms with Gasteiger partial charge in [0.05, 0.1) is 0 Å². The Bertz CT molecular complexity index is 296. The minimum absolute atomic E-state index is 0.284. The van der Waals surface area contributed by atoms with E-state index in [0.29, 0.717) is 0 Å². The molecule has 2 saturated carbocycles. The first-order valence-electron chi connectivity index (χ1n) is 8.96. The molecule has 0 radical (unpaired) electrons. The van der Waals surface area contributed by atoms with Crippen LogP contribution in [0.5, 0.6) is 0 Å². The Labute approximate surface area is 126 Å². The third-order valence-electron chi connectivity index (χ3n) is 6.00. The highest BCUT2D eigenvalue weighted by molar-refractivity contribution is 5.02. The molecule has 0 bridgehead atoms. The van der Waals surface area contributed by atoms with Crippen LogP contribution in [-0.2, 0) is 0 Å². The van der Waals surface area contributed by atoms with Crippen molar-refractivity contribution in [3.05, 3.63) is 0 Å². The van der Waals surface area contributed by atoms with Crippen molar-refractivity contribution in [3.63, 3.8) is 0 Å². The van der Waals surface area contributed by atoms with E-state index in [-0.39, 0.29) is 5.54 Å². The molecule has 0 spiro atoms. The molecule has 2 aliphatic rings. The van der Waals surface area contributed by atoms with Crippen LogP contribution in [-0.4, -0.2) is 29.6 Å². The Kier molecular flexibility index (Phi) is 5.53. The number of hydrogen-bond donors (Lipinski definition) is 1. The zero-order valence-electron chi connectivity index (χ0n) is 14.2. The van der Waals surface area contributed by atoms with Crippen molar-refractivity contribution in [2.75, 3.05) is 13.1 Å². The summed E-state index contributed by atoms with van der Waals surface area (Å²) < 4.78 is 0. The SMILES string of the molecule is CC(C)CN(C1CCCC1)C1(CN)CCC(C)CC1C. The topological polar surface area (TPSA) is 29.3 Å². The van der Waals surface area contributed by atoms with Crippen LogP contribution in [0.1, 0.15) is 72.6 Å². The van der Waals surface area contributed by atoms with Crippen LogP contribution >= 0.6 is 0 Å². The summed E-state index contributed by atoms with van der Waals surface area (Å²) in [5.74, 6) is 2.37. The fourth-order valence-corrected chi connectivity index (χ4v) is 4.83. The van der Waals surface area contributed by atoms with E-state index in [1.165, 1.54) is 51.5 Å². The van der Waals surface area contributed by atoms with Crippen molar-refractivity contribution in [1.82, 2.24) is 4.90 Å². The molecule has 20 heavy (non-hydrogen) atoms. The lowest BCUT2D eigenvalue weighted by Crippen LogP contribution is -2.63. The van der Waals surface area contributed by atoms with Gasteiger partial charge in [-0.15, -0.1) is 0 Å². The third-order valence-corrected chi connectivity index (χ3v) is 6.00. The first-order chi connectivity index (χ1) is 9.49. The molecule has 2 rings (SSSR count). The van der Waals surface area contributed by atoms with Crippen LogP contribution in [0.2, 0.25) is 0 Å². The molecule has 0 amide bonds. The van der Waals surface area contributed by atoms with E-state index in [9.17, 15) is 0 Å². The molecule has 0 aromatic heterocycles. The van der Waals surface area contributed by atoms with Gasteiger partial charge in [0, 0.05) is 24.7 Å². The molecule has 2 nitrogen and oxygen atoms in total. The van der Waals surface area contributed by atoms with Gasteiger partial charge in [0.2, 0.25) is 0 Å². The van der Waals surface area contributed by atoms with Gasteiger partial charge in [-0.05, 0) is 49.9 Å². The maximum atomic E-state index is 6.38. The number of rotatable bonds is 5. The van der Waals surface area contributed by atoms with Gasteiger partial charge in [-0.25, -0.2) is 0 Å². The highest BCUT2D eigenvalue weighted by atomic mass is 15.2. The average molecular weight is 280 g/mol. The summed E-state index contributed by atoms with van der Waals surface area (Å²) in [5, 5.41) is 0. The van der Waals surface area contributed by atoms with Crippen molar-refractivity contribution in [2.45, 2.75) is 84.2 Å². The Balaban J connectivity index is 2.22. The number of hydrogen-bond acceptors (Lipinski definition) is 2. The van der Waals surface area contributed by atoms with E-state index in [1.807, 2.05) is 0 Å². The fraction of sp³-hybridized carbons (Fsp3) is 1.00. The van der Waals surface area contributed by atoms with E-state index in [4.69, 9.17) is 5.73 Å². The summed E-state index contributed by atoms with van der Waals surface area (Å²) in [6.45, 7) is 11.7. The van der Waals surface area contributed by atoms with Gasteiger partial charge in [0.15, 0.2) is 0 Å². The van der Waals surface area contributed by atoms with Crippen molar-refractivity contribution < 1.29 is 0 Å². The van der Waals surface area contributed by atoms with Crippen molar-refractivity contribution in [2.24, 2.45) is 23.5 Å². The van der Waals surface area contributed by atoms with E-state index >= 15 is 0 Å². The minimum Gasteiger partial charge on any atom is -0.329 e. The average Bonchev–Trinajstić information content (AvgIpc) is 2.91. The van der Waals surface area contributed by atoms with Gasteiger partial charge >= 0.3 is 0 Å². The summed E-state index contributed by atoms with van der Waals surface area (Å²) in [4.78, 5) is 2.88. The predicted octanol–water partition coefficient (Wildman–Crippen LogP) is 4.04. The van der Waals surface area contributed by atoms with Gasteiger partial charge in [-0.3, -0.25) is 4.90 Å². The van der Waals surface area contributed by atoms with Gasteiger partial charge in [-0.1, -0.05) is 40.5 Å². The lowest BCUT2D eigenvalue weighted by atomic mass is 9.68. The lowest BCUT2D eigenvalue weighted by Gasteiger charge is -2.54. The number of nitrogens with two attached hydrogens (primary N) is 1. The number of nitrogens with zero attached hydrogens (tertiary/aromatic N) is 1. The van der Waals surface area contributed by atoms with Crippen molar-refractivity contribution in [1.29, 1.82) is 0 Å². The molecule has 0 heterocycles. The summed E-state index contributed by atoms with van der Waals surface area (Å²) in [7, 11) is 0. The zero-order valence-corrected chi connectivity index (χ0v) is 14.2. The molecular weight excluding hydrogens is 244 g/mol. The molecular formula is C18H36N2. The van der Waals surface area contributed by atoms with E-state index < -0.39 is 0 Å². The summed E-state index contributed by atoms with van der Waals surface area (Å²) in [6, 6.07) is 0.803. The molecule has 0 aromatic carbocycles. The third kappa shape index (κ3) is 3.22. The van der Waals surface area contributed by atoms with Crippen LogP contribution in [0.3, 0.4) is 0 Å². The second-order valence-electron chi connectivity index (χ2n) is 8.07. The predicted molar refractivity (Wildman–Crippen MR) is 87.8 cm³/mol. The molecule has 2 N–H and O–H groups in total. The maximum Gasteiger partial charge on any atom is 0.0360 e. The summed E-state index contributed by atoms with van der Waals surface area (Å²) in [6.07, 6.45) is 9.68. The fourth-order valence-electron chi connectivity index (χ4n) is 4.83. The molecule has 118 valence electrons.